The molecule has 2 N–H and O–H groups in total. The van der Waals surface area contributed by atoms with Crippen LogP contribution in [0.15, 0.2) is 24.3 Å². The summed E-state index contributed by atoms with van der Waals surface area (Å²) in [6.07, 6.45) is 0.308. The van der Waals surface area contributed by atoms with E-state index in [1.165, 1.54) is 11.9 Å². The minimum atomic E-state index is -1.07. The number of urea groups is 1. The molecule has 0 radical (unpaired) electrons. The highest BCUT2D eigenvalue weighted by molar-refractivity contribution is 5.94. The van der Waals surface area contributed by atoms with Gasteiger partial charge in [0.2, 0.25) is 0 Å². The first-order valence-electron chi connectivity index (χ1n) is 5.76. The van der Waals surface area contributed by atoms with E-state index in [-0.39, 0.29) is 0 Å². The summed E-state index contributed by atoms with van der Waals surface area (Å²) >= 11 is 0. The summed E-state index contributed by atoms with van der Waals surface area (Å²) < 4.78 is 0. The van der Waals surface area contributed by atoms with Crippen LogP contribution in [0.1, 0.15) is 18.9 Å². The van der Waals surface area contributed by atoms with E-state index in [9.17, 15) is 9.59 Å². The van der Waals surface area contributed by atoms with Crippen molar-refractivity contribution in [3.05, 3.63) is 29.8 Å². The molecule has 100 valence electrons. The molecule has 1 aromatic rings. The highest BCUT2D eigenvalue weighted by Gasteiger charge is 2.20. The van der Waals surface area contributed by atoms with E-state index in [0.717, 1.165) is 0 Å². The molecule has 0 aliphatic heterocycles. The molecular formula is C13H15N3O3. The summed E-state index contributed by atoms with van der Waals surface area (Å²) in [6.45, 7) is 1.68. The number of carbonyl (C=O) groups is 2. The Bertz CT molecular complexity index is 505. The number of amides is 2. The second-order valence-electron chi connectivity index (χ2n) is 3.97. The van der Waals surface area contributed by atoms with E-state index in [0.29, 0.717) is 17.7 Å². The monoisotopic (exact) mass is 261 g/mol. The number of aliphatic carboxylic acids is 1. The van der Waals surface area contributed by atoms with E-state index >= 15 is 0 Å². The second kappa shape index (κ2) is 6.40. The van der Waals surface area contributed by atoms with Crippen molar-refractivity contribution < 1.29 is 14.7 Å². The van der Waals surface area contributed by atoms with Crippen molar-refractivity contribution in [2.24, 2.45) is 0 Å². The number of carboxylic acid groups (broad SMARTS) is 1. The lowest BCUT2D eigenvalue weighted by atomic mass is 10.2. The zero-order valence-electron chi connectivity index (χ0n) is 10.8. The van der Waals surface area contributed by atoms with Crippen LogP contribution in [-0.2, 0) is 4.79 Å². The van der Waals surface area contributed by atoms with E-state index in [1.807, 2.05) is 6.07 Å². The zero-order valence-corrected chi connectivity index (χ0v) is 10.8. The molecule has 0 aliphatic rings. The Hall–Kier alpha value is -2.55. The Balaban J connectivity index is 2.76. The van der Waals surface area contributed by atoms with E-state index < -0.39 is 18.0 Å². The predicted octanol–water partition coefficient (Wildman–Crippen LogP) is 1.57. The molecule has 6 nitrogen and oxygen atoms in total. The molecule has 0 spiro atoms. The largest absolute Gasteiger partial charge is 0.480 e. The van der Waals surface area contributed by atoms with Gasteiger partial charge in [0, 0.05) is 12.7 Å². The van der Waals surface area contributed by atoms with Crippen LogP contribution in [0.4, 0.5) is 10.5 Å². The summed E-state index contributed by atoms with van der Waals surface area (Å²) in [7, 11) is 1.53. The first-order chi connectivity index (χ1) is 8.99. The summed E-state index contributed by atoms with van der Waals surface area (Å²) in [4.78, 5) is 24.0. The number of nitrogens with zero attached hydrogens (tertiary/aromatic N) is 2. The number of benzene rings is 1. The number of carbonyl (C=O) groups excluding carboxylic acids is 1. The maximum absolute atomic E-state index is 11.9. The molecule has 0 aromatic heterocycles. The fourth-order valence-corrected chi connectivity index (χ4v) is 1.46. The Morgan fingerprint density at radius 1 is 1.42 bits per heavy atom. The van der Waals surface area contributed by atoms with Gasteiger partial charge in [-0.05, 0) is 30.7 Å². The Labute approximate surface area is 111 Å². The molecule has 6 heteroatoms. The molecule has 1 rings (SSSR count). The Morgan fingerprint density at radius 3 is 2.42 bits per heavy atom. The van der Waals surface area contributed by atoms with Crippen molar-refractivity contribution in [1.82, 2.24) is 5.32 Å². The maximum atomic E-state index is 11.9. The molecule has 0 saturated carbocycles. The second-order valence-corrected chi connectivity index (χ2v) is 3.97. The van der Waals surface area contributed by atoms with Crippen LogP contribution in [0.3, 0.4) is 0 Å². The highest BCUT2D eigenvalue weighted by Crippen LogP contribution is 2.13. The van der Waals surface area contributed by atoms with Gasteiger partial charge in [0.15, 0.2) is 0 Å². The lowest BCUT2D eigenvalue weighted by Crippen LogP contribution is -2.46. The molecule has 1 atom stereocenters. The highest BCUT2D eigenvalue weighted by atomic mass is 16.4. The minimum absolute atomic E-state index is 0.308. The number of carboxylic acids is 1. The molecular weight excluding hydrogens is 246 g/mol. The van der Waals surface area contributed by atoms with Gasteiger partial charge in [-0.3, -0.25) is 4.90 Å². The lowest BCUT2D eigenvalue weighted by Gasteiger charge is -2.20. The van der Waals surface area contributed by atoms with E-state index in [1.54, 1.807) is 31.2 Å². The lowest BCUT2D eigenvalue weighted by molar-refractivity contribution is -0.139. The molecule has 1 aromatic carbocycles. The molecule has 0 bridgehead atoms. The van der Waals surface area contributed by atoms with E-state index in [4.69, 9.17) is 10.4 Å². The van der Waals surface area contributed by atoms with Gasteiger partial charge in [-0.1, -0.05) is 6.92 Å². The van der Waals surface area contributed by atoms with Gasteiger partial charge in [-0.2, -0.15) is 5.26 Å². The number of anilines is 1. The quantitative estimate of drug-likeness (QED) is 0.860. The number of hydrogen-bond acceptors (Lipinski definition) is 3. The normalized spacial score (nSPS) is 11.2. The average Bonchev–Trinajstić information content (AvgIpc) is 2.43. The fourth-order valence-electron chi connectivity index (χ4n) is 1.46. The van der Waals surface area contributed by atoms with Gasteiger partial charge < -0.3 is 10.4 Å². The third-order valence-corrected chi connectivity index (χ3v) is 2.69. The van der Waals surface area contributed by atoms with Crippen molar-refractivity contribution in [1.29, 1.82) is 5.26 Å². The summed E-state index contributed by atoms with van der Waals surface area (Å²) in [5, 5.41) is 20.0. The van der Waals surface area contributed by atoms with Crippen molar-refractivity contribution in [2.75, 3.05) is 11.9 Å². The van der Waals surface area contributed by atoms with Gasteiger partial charge in [-0.15, -0.1) is 0 Å². The van der Waals surface area contributed by atoms with Crippen molar-refractivity contribution in [3.8, 4) is 6.07 Å². The van der Waals surface area contributed by atoms with Gasteiger partial charge in [0.25, 0.3) is 0 Å². The van der Waals surface area contributed by atoms with Crippen LogP contribution >= 0.6 is 0 Å². The van der Waals surface area contributed by atoms with Crippen LogP contribution in [0, 0.1) is 11.3 Å². The molecule has 19 heavy (non-hydrogen) atoms. The van der Waals surface area contributed by atoms with Gasteiger partial charge >= 0.3 is 12.0 Å². The Morgan fingerprint density at radius 2 is 2.00 bits per heavy atom. The van der Waals surface area contributed by atoms with Crippen LogP contribution in [0.25, 0.3) is 0 Å². The minimum Gasteiger partial charge on any atom is -0.480 e. The van der Waals surface area contributed by atoms with E-state index in [2.05, 4.69) is 5.32 Å². The van der Waals surface area contributed by atoms with Crippen molar-refractivity contribution in [2.45, 2.75) is 19.4 Å². The van der Waals surface area contributed by atoms with Gasteiger partial charge in [-0.25, -0.2) is 9.59 Å². The molecule has 0 heterocycles. The zero-order chi connectivity index (χ0) is 14.4. The average molecular weight is 261 g/mol. The third-order valence-electron chi connectivity index (χ3n) is 2.69. The van der Waals surface area contributed by atoms with Gasteiger partial charge in [0.1, 0.15) is 6.04 Å². The summed E-state index contributed by atoms with van der Waals surface area (Å²) in [5.74, 6) is -1.07. The van der Waals surface area contributed by atoms with Crippen LogP contribution in [0.5, 0.6) is 0 Å². The molecule has 0 unspecified atom stereocenters. The van der Waals surface area contributed by atoms with Gasteiger partial charge in [0.05, 0.1) is 11.6 Å². The maximum Gasteiger partial charge on any atom is 0.326 e. The first kappa shape index (κ1) is 14.5. The van der Waals surface area contributed by atoms with Crippen molar-refractivity contribution in [3.63, 3.8) is 0 Å². The molecule has 0 fully saturated rings. The molecule has 0 aliphatic carbocycles. The topological polar surface area (TPSA) is 93.4 Å². The number of hydrogen-bond donors (Lipinski definition) is 2. The number of nitrogens with one attached hydrogen (secondary N) is 1. The van der Waals surface area contributed by atoms with Crippen LogP contribution < -0.4 is 10.2 Å². The standard InChI is InChI=1S/C13H15N3O3/c1-3-11(12(17)18)15-13(19)16(2)10-6-4-9(8-14)5-7-10/h4-7,11H,3H2,1-2H3,(H,15,19)(H,17,18)/t11-/m1/s1. The smallest absolute Gasteiger partial charge is 0.326 e. The number of rotatable bonds is 4. The van der Waals surface area contributed by atoms with Crippen molar-refractivity contribution >= 4 is 17.7 Å². The fraction of sp³-hybridized carbons (Fsp3) is 0.308. The SMILES string of the molecule is CC[C@@H](NC(=O)N(C)c1ccc(C#N)cc1)C(=O)O. The third kappa shape index (κ3) is 3.71. The summed E-state index contributed by atoms with van der Waals surface area (Å²) in [6, 6.07) is 7.00. The Kier molecular flexibility index (Phi) is 4.89. The number of nitriles is 1. The predicted molar refractivity (Wildman–Crippen MR) is 69.8 cm³/mol. The molecule has 2 amide bonds. The van der Waals surface area contributed by atoms with Crippen LogP contribution in [-0.4, -0.2) is 30.2 Å². The summed E-state index contributed by atoms with van der Waals surface area (Å²) in [5.41, 5.74) is 1.08. The first-order valence-corrected chi connectivity index (χ1v) is 5.76. The van der Waals surface area contributed by atoms with Crippen LogP contribution in [0.2, 0.25) is 0 Å². The molecule has 0 saturated heterocycles.